The lowest BCUT2D eigenvalue weighted by Gasteiger charge is -2.20. The summed E-state index contributed by atoms with van der Waals surface area (Å²) < 4.78 is 38.8. The number of hydrogen-bond donors (Lipinski definition) is 1. The molecule has 0 fully saturated rings. The highest BCUT2D eigenvalue weighted by Gasteiger charge is 2.31. The highest BCUT2D eigenvalue weighted by Crippen LogP contribution is 2.39. The second-order valence-electron chi connectivity index (χ2n) is 6.30. The average molecular weight is 384 g/mol. The lowest BCUT2D eigenvalue weighted by Crippen LogP contribution is -2.19. The summed E-state index contributed by atoms with van der Waals surface area (Å²) in [5.74, 6) is -0.109. The number of aromatic nitrogens is 2. The summed E-state index contributed by atoms with van der Waals surface area (Å²) in [7, 11) is 0. The minimum atomic E-state index is -4.51. The Balaban J connectivity index is 1.65. The quantitative estimate of drug-likeness (QED) is 0.725. The SMILES string of the molecule is O=C(Nc1cccc2c1N(c1ncccn1)CC2)c1cccc(C(F)(F)F)c1. The van der Waals surface area contributed by atoms with Crippen LogP contribution in [0.1, 0.15) is 21.5 Å². The number of halogens is 3. The van der Waals surface area contributed by atoms with Crippen molar-refractivity contribution in [3.63, 3.8) is 0 Å². The maximum atomic E-state index is 12.9. The van der Waals surface area contributed by atoms with Gasteiger partial charge in [0, 0.05) is 24.5 Å². The highest BCUT2D eigenvalue weighted by atomic mass is 19.4. The van der Waals surface area contributed by atoms with Crippen LogP contribution in [-0.4, -0.2) is 22.4 Å². The Kier molecular flexibility index (Phi) is 4.46. The maximum Gasteiger partial charge on any atom is 0.416 e. The number of anilines is 3. The zero-order chi connectivity index (χ0) is 19.7. The van der Waals surface area contributed by atoms with Gasteiger partial charge in [0.15, 0.2) is 0 Å². The average Bonchev–Trinajstić information content (AvgIpc) is 3.13. The van der Waals surface area contributed by atoms with Gasteiger partial charge in [0.2, 0.25) is 5.95 Å². The molecule has 0 saturated carbocycles. The Morgan fingerprint density at radius 2 is 1.79 bits per heavy atom. The predicted molar refractivity (Wildman–Crippen MR) is 98.6 cm³/mol. The Bertz CT molecular complexity index is 1020. The Morgan fingerprint density at radius 1 is 1.04 bits per heavy atom. The van der Waals surface area contributed by atoms with Gasteiger partial charge in [-0.3, -0.25) is 4.79 Å². The first kappa shape index (κ1) is 18.0. The van der Waals surface area contributed by atoms with E-state index in [1.807, 2.05) is 11.0 Å². The summed E-state index contributed by atoms with van der Waals surface area (Å²) in [4.78, 5) is 23.0. The number of rotatable bonds is 3. The number of nitrogens with zero attached hydrogens (tertiary/aromatic N) is 3. The Labute approximate surface area is 158 Å². The van der Waals surface area contributed by atoms with Crippen molar-refractivity contribution < 1.29 is 18.0 Å². The molecule has 0 spiro atoms. The van der Waals surface area contributed by atoms with Gasteiger partial charge in [0.1, 0.15) is 0 Å². The zero-order valence-corrected chi connectivity index (χ0v) is 14.6. The van der Waals surface area contributed by atoms with Crippen LogP contribution in [0.3, 0.4) is 0 Å². The molecular weight excluding hydrogens is 369 g/mol. The fourth-order valence-corrected chi connectivity index (χ4v) is 3.22. The van der Waals surface area contributed by atoms with E-state index in [1.54, 1.807) is 30.6 Å². The molecule has 142 valence electrons. The van der Waals surface area contributed by atoms with Gasteiger partial charge in [0.25, 0.3) is 5.91 Å². The van der Waals surface area contributed by atoms with Crippen molar-refractivity contribution in [2.75, 3.05) is 16.8 Å². The van der Waals surface area contributed by atoms with Gasteiger partial charge in [0.05, 0.1) is 16.9 Å². The first-order valence-corrected chi connectivity index (χ1v) is 8.58. The molecule has 1 N–H and O–H groups in total. The van der Waals surface area contributed by atoms with E-state index in [4.69, 9.17) is 0 Å². The van der Waals surface area contributed by atoms with Crippen LogP contribution in [0.15, 0.2) is 60.9 Å². The molecule has 0 unspecified atom stereocenters. The number of para-hydroxylation sites is 1. The van der Waals surface area contributed by atoms with Crippen molar-refractivity contribution in [2.45, 2.75) is 12.6 Å². The first-order chi connectivity index (χ1) is 13.4. The Morgan fingerprint density at radius 3 is 2.54 bits per heavy atom. The van der Waals surface area contributed by atoms with E-state index in [2.05, 4.69) is 15.3 Å². The third-order valence-electron chi connectivity index (χ3n) is 4.49. The van der Waals surface area contributed by atoms with E-state index >= 15 is 0 Å². The van der Waals surface area contributed by atoms with Crippen molar-refractivity contribution in [3.05, 3.63) is 77.6 Å². The largest absolute Gasteiger partial charge is 0.416 e. The molecule has 1 aliphatic rings. The smallest absolute Gasteiger partial charge is 0.320 e. The minimum Gasteiger partial charge on any atom is -0.320 e. The number of hydrogen-bond acceptors (Lipinski definition) is 4. The lowest BCUT2D eigenvalue weighted by molar-refractivity contribution is -0.137. The molecule has 1 aliphatic heterocycles. The van der Waals surface area contributed by atoms with Crippen LogP contribution in [0.4, 0.5) is 30.5 Å². The zero-order valence-electron chi connectivity index (χ0n) is 14.6. The van der Waals surface area contributed by atoms with E-state index in [9.17, 15) is 18.0 Å². The molecule has 0 atom stereocenters. The van der Waals surface area contributed by atoms with Crippen LogP contribution in [0.2, 0.25) is 0 Å². The summed E-state index contributed by atoms with van der Waals surface area (Å²) in [6, 6.07) is 11.5. The summed E-state index contributed by atoms with van der Waals surface area (Å²) in [5.41, 5.74) is 1.35. The number of nitrogens with one attached hydrogen (secondary N) is 1. The molecule has 8 heteroatoms. The molecule has 0 saturated heterocycles. The molecule has 2 heterocycles. The second-order valence-corrected chi connectivity index (χ2v) is 6.30. The van der Waals surface area contributed by atoms with E-state index in [0.29, 0.717) is 18.2 Å². The van der Waals surface area contributed by atoms with Crippen molar-refractivity contribution in [1.29, 1.82) is 0 Å². The van der Waals surface area contributed by atoms with Gasteiger partial charge in [-0.05, 0) is 42.3 Å². The second kappa shape index (κ2) is 6.95. The summed E-state index contributed by atoms with van der Waals surface area (Å²) in [6.45, 7) is 0.649. The number of benzene rings is 2. The molecule has 1 aromatic heterocycles. The van der Waals surface area contributed by atoms with Crippen molar-refractivity contribution >= 4 is 23.2 Å². The number of fused-ring (bicyclic) bond motifs is 1. The van der Waals surface area contributed by atoms with Gasteiger partial charge in [-0.15, -0.1) is 0 Å². The third kappa shape index (κ3) is 3.40. The van der Waals surface area contributed by atoms with Crippen LogP contribution in [0.5, 0.6) is 0 Å². The molecule has 0 bridgehead atoms. The molecule has 1 amide bonds. The normalized spacial score (nSPS) is 13.3. The molecule has 28 heavy (non-hydrogen) atoms. The first-order valence-electron chi connectivity index (χ1n) is 8.58. The molecule has 2 aromatic carbocycles. The fraction of sp³-hybridized carbons (Fsp3) is 0.150. The van der Waals surface area contributed by atoms with Gasteiger partial charge in [-0.1, -0.05) is 18.2 Å². The fourth-order valence-electron chi connectivity index (χ4n) is 3.22. The van der Waals surface area contributed by atoms with Gasteiger partial charge in [-0.2, -0.15) is 13.2 Å². The maximum absolute atomic E-state index is 12.9. The van der Waals surface area contributed by atoms with E-state index < -0.39 is 17.6 Å². The molecular formula is C20H15F3N4O. The van der Waals surface area contributed by atoms with Crippen LogP contribution >= 0.6 is 0 Å². The van der Waals surface area contributed by atoms with Gasteiger partial charge < -0.3 is 10.2 Å². The van der Waals surface area contributed by atoms with E-state index in [1.165, 1.54) is 12.1 Å². The number of amides is 1. The predicted octanol–water partition coefficient (Wildman–Crippen LogP) is 4.44. The number of carbonyl (C=O) groups is 1. The summed E-state index contributed by atoms with van der Waals surface area (Å²) >= 11 is 0. The molecule has 3 aromatic rings. The van der Waals surface area contributed by atoms with Crippen LogP contribution in [0, 0.1) is 0 Å². The number of carbonyl (C=O) groups excluding carboxylic acids is 1. The van der Waals surface area contributed by atoms with Crippen molar-refractivity contribution in [1.82, 2.24) is 9.97 Å². The molecule has 5 nitrogen and oxygen atoms in total. The summed E-state index contributed by atoms with van der Waals surface area (Å²) in [5, 5.41) is 2.73. The minimum absolute atomic E-state index is 0.0621. The van der Waals surface area contributed by atoms with Crippen LogP contribution in [0.25, 0.3) is 0 Å². The van der Waals surface area contributed by atoms with Gasteiger partial charge in [-0.25, -0.2) is 9.97 Å². The van der Waals surface area contributed by atoms with Crippen LogP contribution < -0.4 is 10.2 Å². The Hall–Kier alpha value is -3.42. The van der Waals surface area contributed by atoms with Crippen LogP contribution in [-0.2, 0) is 12.6 Å². The topological polar surface area (TPSA) is 58.1 Å². The monoisotopic (exact) mass is 384 g/mol. The van der Waals surface area contributed by atoms with Gasteiger partial charge >= 0.3 is 6.18 Å². The van der Waals surface area contributed by atoms with Crippen molar-refractivity contribution in [3.8, 4) is 0 Å². The van der Waals surface area contributed by atoms with E-state index in [0.717, 1.165) is 29.8 Å². The van der Waals surface area contributed by atoms with E-state index in [-0.39, 0.29) is 5.56 Å². The number of alkyl halides is 3. The standard InChI is InChI=1S/C20H15F3N4O/c21-20(22,23)15-6-1-5-14(12-15)18(28)26-16-7-2-4-13-8-11-27(17(13)16)19-24-9-3-10-25-19/h1-7,9-10,12H,8,11H2,(H,26,28). The molecule has 0 radical (unpaired) electrons. The lowest BCUT2D eigenvalue weighted by atomic mass is 10.1. The highest BCUT2D eigenvalue weighted by molar-refractivity contribution is 6.06. The molecule has 4 rings (SSSR count). The summed E-state index contributed by atoms with van der Waals surface area (Å²) in [6.07, 6.45) is -0.499. The van der Waals surface area contributed by atoms with Crippen molar-refractivity contribution in [2.24, 2.45) is 0 Å². The third-order valence-corrected chi connectivity index (χ3v) is 4.49. The molecule has 0 aliphatic carbocycles.